The summed E-state index contributed by atoms with van der Waals surface area (Å²) in [6.07, 6.45) is 6.06. The summed E-state index contributed by atoms with van der Waals surface area (Å²) in [5.74, 6) is -0.465. The third-order valence-electron chi connectivity index (χ3n) is 6.52. The number of halogens is 2. The number of ether oxygens (including phenoxy) is 1. The Balaban J connectivity index is 1.90. The molecule has 1 N–H and O–H groups in total. The van der Waals surface area contributed by atoms with E-state index in [0.717, 1.165) is 42.7 Å². The number of nitrogens with zero attached hydrogens (tertiary/aromatic N) is 2. The normalized spacial score (nSPS) is 15.1. The zero-order chi connectivity index (χ0) is 27.2. The van der Waals surface area contributed by atoms with Crippen LogP contribution in [0.15, 0.2) is 42.5 Å². The standard InChI is InChI=1S/C26H33Cl2N3O5S/c1-18(26(33)29-20-10-5-4-6-11-20)30(16-19-9-7-8-12-22(19)27)25(32)17-31(37(3,34)35)21-13-14-24(36-2)23(28)15-21/h7-9,12-15,18,20H,4-6,10-11,16-17H2,1-3H3,(H,29,33)/t18-/m0/s1. The van der Waals surface area contributed by atoms with Crippen molar-refractivity contribution >= 4 is 50.7 Å². The largest absolute Gasteiger partial charge is 0.495 e. The fourth-order valence-electron chi connectivity index (χ4n) is 4.39. The number of rotatable bonds is 10. The maximum Gasteiger partial charge on any atom is 0.244 e. The number of hydrogen-bond donors (Lipinski definition) is 1. The van der Waals surface area contributed by atoms with Crippen LogP contribution in [0.25, 0.3) is 0 Å². The maximum absolute atomic E-state index is 13.7. The highest BCUT2D eigenvalue weighted by molar-refractivity contribution is 7.92. The molecule has 1 aliphatic rings. The number of benzene rings is 2. The van der Waals surface area contributed by atoms with Crippen LogP contribution in [0.5, 0.6) is 5.75 Å². The fourth-order valence-corrected chi connectivity index (χ4v) is 5.67. The third-order valence-corrected chi connectivity index (χ3v) is 8.32. The second kappa shape index (κ2) is 12.8. The molecule has 1 saturated carbocycles. The highest BCUT2D eigenvalue weighted by Crippen LogP contribution is 2.30. The van der Waals surface area contributed by atoms with Crippen molar-refractivity contribution in [1.29, 1.82) is 0 Å². The van der Waals surface area contributed by atoms with Crippen LogP contribution in [-0.2, 0) is 26.2 Å². The summed E-state index contributed by atoms with van der Waals surface area (Å²) in [6, 6.07) is 10.7. The number of hydrogen-bond acceptors (Lipinski definition) is 5. The lowest BCUT2D eigenvalue weighted by Gasteiger charge is -2.33. The number of carbonyl (C=O) groups excluding carboxylic acids is 2. The van der Waals surface area contributed by atoms with Crippen molar-refractivity contribution < 1.29 is 22.7 Å². The zero-order valence-electron chi connectivity index (χ0n) is 21.2. The number of anilines is 1. The average Bonchev–Trinajstić information content (AvgIpc) is 2.86. The van der Waals surface area contributed by atoms with Gasteiger partial charge in [0.1, 0.15) is 18.3 Å². The molecule has 0 heterocycles. The van der Waals surface area contributed by atoms with Crippen LogP contribution in [0, 0.1) is 0 Å². The molecule has 1 aliphatic carbocycles. The number of nitrogens with one attached hydrogen (secondary N) is 1. The first kappa shape index (κ1) is 29.1. The minimum absolute atomic E-state index is 0.0404. The van der Waals surface area contributed by atoms with Crippen molar-refractivity contribution in [3.8, 4) is 5.75 Å². The quantitative estimate of drug-likeness (QED) is 0.449. The molecule has 0 saturated heterocycles. The molecular formula is C26H33Cl2N3O5S. The SMILES string of the molecule is COc1ccc(N(CC(=O)N(Cc2ccccc2Cl)[C@@H](C)C(=O)NC2CCCCC2)S(C)(=O)=O)cc1Cl. The number of methoxy groups -OCH3 is 1. The molecule has 1 atom stereocenters. The first-order valence-electron chi connectivity index (χ1n) is 12.2. The van der Waals surface area contributed by atoms with Gasteiger partial charge in [0.2, 0.25) is 21.8 Å². The van der Waals surface area contributed by atoms with Crippen LogP contribution in [-0.4, -0.2) is 57.1 Å². The van der Waals surface area contributed by atoms with E-state index in [9.17, 15) is 18.0 Å². The molecule has 3 rings (SSSR count). The summed E-state index contributed by atoms with van der Waals surface area (Å²) >= 11 is 12.6. The Labute approximate surface area is 228 Å². The molecule has 0 radical (unpaired) electrons. The van der Waals surface area contributed by atoms with Crippen molar-refractivity contribution in [2.45, 2.75) is 57.7 Å². The number of sulfonamides is 1. The number of amides is 2. The van der Waals surface area contributed by atoms with E-state index < -0.39 is 28.5 Å². The Morgan fingerprint density at radius 1 is 1.08 bits per heavy atom. The van der Waals surface area contributed by atoms with E-state index >= 15 is 0 Å². The summed E-state index contributed by atoms with van der Waals surface area (Å²) in [5, 5.41) is 3.71. The van der Waals surface area contributed by atoms with E-state index in [-0.39, 0.29) is 29.2 Å². The third kappa shape index (κ3) is 7.75. The van der Waals surface area contributed by atoms with Crippen LogP contribution in [0.3, 0.4) is 0 Å². The second-order valence-electron chi connectivity index (χ2n) is 9.22. The number of carbonyl (C=O) groups is 2. The first-order chi connectivity index (χ1) is 17.5. The lowest BCUT2D eigenvalue weighted by molar-refractivity contribution is -0.139. The summed E-state index contributed by atoms with van der Waals surface area (Å²) in [5.41, 5.74) is 0.854. The maximum atomic E-state index is 13.7. The molecular weight excluding hydrogens is 537 g/mol. The van der Waals surface area contributed by atoms with Gasteiger partial charge in [0, 0.05) is 17.6 Å². The molecule has 1 fully saturated rings. The highest BCUT2D eigenvalue weighted by Gasteiger charge is 2.31. The monoisotopic (exact) mass is 569 g/mol. The van der Waals surface area contributed by atoms with Crippen molar-refractivity contribution in [3.05, 3.63) is 58.1 Å². The summed E-state index contributed by atoms with van der Waals surface area (Å²) < 4.78 is 31.5. The minimum atomic E-state index is -3.87. The molecule has 0 unspecified atom stereocenters. The summed E-state index contributed by atoms with van der Waals surface area (Å²) in [4.78, 5) is 28.2. The van der Waals surface area contributed by atoms with E-state index in [1.807, 2.05) is 0 Å². The van der Waals surface area contributed by atoms with Gasteiger partial charge in [0.15, 0.2) is 0 Å². The Morgan fingerprint density at radius 2 is 1.76 bits per heavy atom. The van der Waals surface area contributed by atoms with Crippen LogP contribution >= 0.6 is 23.2 Å². The molecule has 37 heavy (non-hydrogen) atoms. The van der Waals surface area contributed by atoms with Crippen molar-refractivity contribution in [2.24, 2.45) is 0 Å². The van der Waals surface area contributed by atoms with Gasteiger partial charge in [-0.2, -0.15) is 0 Å². The Bertz CT molecular complexity index is 1220. The van der Waals surface area contributed by atoms with Crippen molar-refractivity contribution in [1.82, 2.24) is 10.2 Å². The van der Waals surface area contributed by atoms with E-state index in [2.05, 4.69) is 5.32 Å². The lowest BCUT2D eigenvalue weighted by Crippen LogP contribution is -2.53. The van der Waals surface area contributed by atoms with Crippen LogP contribution in [0.4, 0.5) is 5.69 Å². The minimum Gasteiger partial charge on any atom is -0.495 e. The molecule has 0 bridgehead atoms. The van der Waals surface area contributed by atoms with Crippen molar-refractivity contribution in [3.63, 3.8) is 0 Å². The Kier molecular flexibility index (Phi) is 10.1. The molecule has 11 heteroatoms. The van der Waals surface area contributed by atoms with E-state index in [1.54, 1.807) is 31.2 Å². The van der Waals surface area contributed by atoms with Gasteiger partial charge in [-0.05, 0) is 49.6 Å². The van der Waals surface area contributed by atoms with Crippen LogP contribution in [0.2, 0.25) is 10.0 Å². The second-order valence-corrected chi connectivity index (χ2v) is 11.9. The lowest BCUT2D eigenvalue weighted by atomic mass is 9.95. The molecule has 202 valence electrons. The molecule has 2 amide bonds. The molecule has 2 aromatic rings. The van der Waals surface area contributed by atoms with Gasteiger partial charge < -0.3 is 15.0 Å². The first-order valence-corrected chi connectivity index (χ1v) is 14.8. The Hall–Kier alpha value is -2.49. The topological polar surface area (TPSA) is 96.0 Å². The van der Waals surface area contributed by atoms with E-state index in [4.69, 9.17) is 27.9 Å². The Morgan fingerprint density at radius 3 is 2.35 bits per heavy atom. The summed E-state index contributed by atoms with van der Waals surface area (Å²) in [6.45, 7) is 1.16. The van der Waals surface area contributed by atoms with Gasteiger partial charge in [0.05, 0.1) is 24.1 Å². The van der Waals surface area contributed by atoms with Gasteiger partial charge in [-0.15, -0.1) is 0 Å². The van der Waals surface area contributed by atoms with Gasteiger partial charge >= 0.3 is 0 Å². The van der Waals surface area contributed by atoms with Crippen LogP contribution in [0.1, 0.15) is 44.6 Å². The molecule has 0 aromatic heterocycles. The van der Waals surface area contributed by atoms with E-state index in [0.29, 0.717) is 16.3 Å². The smallest absolute Gasteiger partial charge is 0.244 e. The molecule has 0 spiro atoms. The molecule has 2 aromatic carbocycles. The van der Waals surface area contributed by atoms with Gasteiger partial charge in [-0.1, -0.05) is 60.7 Å². The van der Waals surface area contributed by atoms with E-state index in [1.165, 1.54) is 30.2 Å². The zero-order valence-corrected chi connectivity index (χ0v) is 23.6. The van der Waals surface area contributed by atoms with Gasteiger partial charge in [0.25, 0.3) is 0 Å². The molecule has 0 aliphatic heterocycles. The predicted octanol–water partition coefficient (Wildman–Crippen LogP) is 4.63. The predicted molar refractivity (Wildman–Crippen MR) is 147 cm³/mol. The van der Waals surface area contributed by atoms with Crippen molar-refractivity contribution in [2.75, 3.05) is 24.2 Å². The van der Waals surface area contributed by atoms with Crippen LogP contribution < -0.4 is 14.4 Å². The highest BCUT2D eigenvalue weighted by atomic mass is 35.5. The molecule has 8 nitrogen and oxygen atoms in total. The van der Waals surface area contributed by atoms with Gasteiger partial charge in [-0.3, -0.25) is 13.9 Å². The van der Waals surface area contributed by atoms with Gasteiger partial charge in [-0.25, -0.2) is 8.42 Å². The summed E-state index contributed by atoms with van der Waals surface area (Å²) in [7, 11) is -2.42. The fraction of sp³-hybridized carbons (Fsp3) is 0.462. The average molecular weight is 571 g/mol.